The van der Waals surface area contributed by atoms with Crippen LogP contribution in [0.25, 0.3) is 11.2 Å². The van der Waals surface area contributed by atoms with Crippen LogP contribution in [-0.2, 0) is 20.2 Å². The van der Waals surface area contributed by atoms with E-state index in [1.165, 1.54) is 0 Å². The van der Waals surface area contributed by atoms with E-state index in [2.05, 4.69) is 29.7 Å². The summed E-state index contributed by atoms with van der Waals surface area (Å²) in [6.07, 6.45) is -5.11. The second-order valence-corrected chi connectivity index (χ2v) is 8.70. The number of aromatic amines is 1. The van der Waals surface area contributed by atoms with Crippen LogP contribution < -0.4 is 11.3 Å². The fourth-order valence-electron chi connectivity index (χ4n) is 3.45. The van der Waals surface area contributed by atoms with E-state index in [4.69, 9.17) is 20.3 Å². The highest BCUT2D eigenvalue weighted by Gasteiger charge is 2.46. The van der Waals surface area contributed by atoms with Gasteiger partial charge in [0.1, 0.15) is 18.3 Å². The zero-order chi connectivity index (χ0) is 24.6. The van der Waals surface area contributed by atoms with Crippen molar-refractivity contribution in [3.8, 4) is 0 Å². The Kier molecular flexibility index (Phi) is 6.60. The van der Waals surface area contributed by atoms with Gasteiger partial charge in [-0.25, -0.2) is 9.55 Å². The summed E-state index contributed by atoms with van der Waals surface area (Å²) >= 11 is 0. The molecule has 3 aromatic rings. The van der Waals surface area contributed by atoms with Gasteiger partial charge in [-0.15, -0.1) is 10.2 Å². The molecule has 2 aromatic heterocycles. The Hall–Kier alpha value is -3.04. The lowest BCUT2D eigenvalue weighted by Gasteiger charge is -2.17. The molecule has 0 spiro atoms. The van der Waals surface area contributed by atoms with Crippen molar-refractivity contribution >= 4 is 36.6 Å². The lowest BCUT2D eigenvalue weighted by atomic mass is 10.1. The highest BCUT2D eigenvalue weighted by atomic mass is 31.2. The summed E-state index contributed by atoms with van der Waals surface area (Å²) in [7, 11) is -4.86. The molecule has 0 radical (unpaired) electrons. The number of phosphoric acid groups is 1. The van der Waals surface area contributed by atoms with Gasteiger partial charge in [-0.2, -0.15) is 4.98 Å². The molecule has 1 saturated heterocycles. The van der Waals surface area contributed by atoms with Crippen molar-refractivity contribution in [3.05, 3.63) is 40.2 Å². The van der Waals surface area contributed by atoms with E-state index in [-0.39, 0.29) is 23.1 Å². The van der Waals surface area contributed by atoms with Gasteiger partial charge >= 0.3 is 7.82 Å². The number of H-pyrrole nitrogens is 1. The Morgan fingerprint density at radius 3 is 2.56 bits per heavy atom. The third kappa shape index (κ3) is 4.90. The number of imidazole rings is 1. The molecule has 0 bridgehead atoms. The maximum absolute atomic E-state index is 12.4. The van der Waals surface area contributed by atoms with E-state index in [1.54, 1.807) is 12.1 Å². The number of nitrogens with one attached hydrogen (secondary N) is 1. The SMILES string of the molecule is CCc1ccc(N=Nc2nc3c(=O)[nH]c(N)nc3n2[C@@H]2O[C@H](COP(=O)(O)O)[C@H](O)C2O)cc1. The molecule has 34 heavy (non-hydrogen) atoms. The van der Waals surface area contributed by atoms with Crippen LogP contribution in [0.5, 0.6) is 0 Å². The number of nitrogens with two attached hydrogens (primary N) is 1. The molecule has 16 heteroatoms. The largest absolute Gasteiger partial charge is 0.469 e. The number of hydrogen-bond donors (Lipinski definition) is 6. The molecule has 1 aliphatic rings. The fraction of sp³-hybridized carbons (Fsp3) is 0.389. The predicted octanol–water partition coefficient (Wildman–Crippen LogP) is 0.408. The minimum Gasteiger partial charge on any atom is -0.387 e. The number of rotatable bonds is 7. The van der Waals surface area contributed by atoms with E-state index in [0.29, 0.717) is 5.69 Å². The van der Waals surface area contributed by atoms with E-state index in [0.717, 1.165) is 16.6 Å². The molecule has 1 fully saturated rings. The first-order valence-electron chi connectivity index (χ1n) is 10.1. The van der Waals surface area contributed by atoms with Crippen molar-refractivity contribution in [2.45, 2.75) is 37.9 Å². The molecule has 1 aliphatic heterocycles. The molecule has 15 nitrogen and oxygen atoms in total. The number of ether oxygens (including phenoxy) is 1. The monoisotopic (exact) mass is 495 g/mol. The van der Waals surface area contributed by atoms with Crippen molar-refractivity contribution in [1.82, 2.24) is 19.5 Å². The summed E-state index contributed by atoms with van der Waals surface area (Å²) in [5, 5.41) is 29.1. The van der Waals surface area contributed by atoms with Crippen LogP contribution in [0.3, 0.4) is 0 Å². The number of nitrogens with zero attached hydrogens (tertiary/aromatic N) is 5. The number of benzene rings is 1. The number of phosphoric ester groups is 1. The Morgan fingerprint density at radius 1 is 1.21 bits per heavy atom. The first kappa shape index (κ1) is 24.1. The first-order valence-corrected chi connectivity index (χ1v) is 11.6. The van der Waals surface area contributed by atoms with Gasteiger partial charge in [-0.3, -0.25) is 18.9 Å². The van der Waals surface area contributed by atoms with Crippen LogP contribution in [0.1, 0.15) is 18.7 Å². The number of aliphatic hydroxyl groups is 2. The fourth-order valence-corrected chi connectivity index (χ4v) is 3.79. The van der Waals surface area contributed by atoms with Crippen LogP contribution in [0.2, 0.25) is 0 Å². The third-order valence-electron chi connectivity index (χ3n) is 5.15. The summed E-state index contributed by atoms with van der Waals surface area (Å²) in [4.78, 5) is 40.7. The minimum atomic E-state index is -4.86. The Balaban J connectivity index is 1.75. The number of anilines is 1. The number of azo groups is 1. The molecule has 1 aromatic carbocycles. The standard InChI is InChI=1S/C18H22N7O8P/c1-2-8-3-5-9(6-4-8)23-24-18-20-11-14(21-17(19)22-15(11)28)25(18)16-13(27)12(26)10(33-16)7-32-34(29,30)31/h3-6,10,12-13,16,26-27H,2,7H2,1H3,(H2,29,30,31)(H3,19,21,22,28)/t10-,12+,13?,16-/m1/s1. The molecule has 0 aliphatic carbocycles. The van der Waals surface area contributed by atoms with Gasteiger partial charge < -0.3 is 30.5 Å². The molecule has 3 heterocycles. The number of aryl methyl sites for hydroxylation is 1. The van der Waals surface area contributed by atoms with Crippen LogP contribution >= 0.6 is 7.82 Å². The number of aliphatic hydroxyl groups excluding tert-OH is 2. The number of nitrogen functional groups attached to an aromatic ring is 1. The molecule has 7 N–H and O–H groups in total. The second-order valence-electron chi connectivity index (χ2n) is 7.46. The van der Waals surface area contributed by atoms with Gasteiger partial charge in [0.2, 0.25) is 5.95 Å². The van der Waals surface area contributed by atoms with Crippen LogP contribution in [0.4, 0.5) is 17.6 Å². The molecule has 0 amide bonds. The Bertz CT molecular complexity index is 1320. The van der Waals surface area contributed by atoms with Gasteiger partial charge in [0.15, 0.2) is 17.4 Å². The van der Waals surface area contributed by atoms with Crippen molar-refractivity contribution < 1.29 is 33.8 Å². The maximum atomic E-state index is 12.4. The third-order valence-corrected chi connectivity index (χ3v) is 5.63. The second kappa shape index (κ2) is 9.31. The Morgan fingerprint density at radius 2 is 1.91 bits per heavy atom. The molecule has 4 atom stereocenters. The minimum absolute atomic E-state index is 0.107. The molecular weight excluding hydrogens is 473 g/mol. The normalized spacial score (nSPS) is 23.3. The lowest BCUT2D eigenvalue weighted by Crippen LogP contribution is -2.33. The molecule has 0 saturated carbocycles. The van der Waals surface area contributed by atoms with Gasteiger partial charge in [0.05, 0.1) is 12.3 Å². The summed E-state index contributed by atoms with van der Waals surface area (Å²) in [5.41, 5.74) is 6.27. The molecule has 1 unspecified atom stereocenters. The smallest absolute Gasteiger partial charge is 0.387 e. The average Bonchev–Trinajstić information content (AvgIpc) is 3.28. The quantitative estimate of drug-likeness (QED) is 0.194. The summed E-state index contributed by atoms with van der Waals surface area (Å²) in [6.45, 7) is 1.29. The van der Waals surface area contributed by atoms with Crippen LogP contribution in [0.15, 0.2) is 39.3 Å². The summed E-state index contributed by atoms with van der Waals surface area (Å²) in [6, 6.07) is 7.21. The van der Waals surface area contributed by atoms with Crippen molar-refractivity contribution in [2.24, 2.45) is 10.2 Å². The Labute approximate surface area is 191 Å². The number of hydrogen-bond acceptors (Lipinski definition) is 11. The van der Waals surface area contributed by atoms with Gasteiger partial charge in [0, 0.05) is 0 Å². The van der Waals surface area contributed by atoms with E-state index >= 15 is 0 Å². The van der Waals surface area contributed by atoms with Crippen LogP contribution in [0, 0.1) is 0 Å². The lowest BCUT2D eigenvalue weighted by molar-refractivity contribution is -0.0496. The van der Waals surface area contributed by atoms with Gasteiger partial charge in [-0.05, 0) is 24.1 Å². The maximum Gasteiger partial charge on any atom is 0.469 e. The number of fused-ring (bicyclic) bond motifs is 1. The van der Waals surface area contributed by atoms with Crippen molar-refractivity contribution in [2.75, 3.05) is 12.3 Å². The highest BCUT2D eigenvalue weighted by molar-refractivity contribution is 7.46. The molecular formula is C18H22N7O8P. The van der Waals surface area contributed by atoms with Crippen molar-refractivity contribution in [1.29, 1.82) is 0 Å². The number of aromatic nitrogens is 4. The van der Waals surface area contributed by atoms with Crippen molar-refractivity contribution in [3.63, 3.8) is 0 Å². The zero-order valence-corrected chi connectivity index (χ0v) is 18.6. The average molecular weight is 495 g/mol. The molecule has 4 rings (SSSR count). The topological polar surface area (TPSA) is 231 Å². The first-order chi connectivity index (χ1) is 16.1. The predicted molar refractivity (Wildman–Crippen MR) is 116 cm³/mol. The van der Waals surface area contributed by atoms with E-state index < -0.39 is 44.5 Å². The van der Waals surface area contributed by atoms with Crippen LogP contribution in [-0.4, -0.2) is 64.4 Å². The van der Waals surface area contributed by atoms with E-state index in [1.807, 2.05) is 19.1 Å². The highest BCUT2D eigenvalue weighted by Crippen LogP contribution is 2.40. The zero-order valence-electron chi connectivity index (χ0n) is 17.7. The van der Waals surface area contributed by atoms with Gasteiger partial charge in [0.25, 0.3) is 11.5 Å². The summed E-state index contributed by atoms with van der Waals surface area (Å²) in [5.74, 6) is -0.433. The van der Waals surface area contributed by atoms with E-state index in [9.17, 15) is 19.6 Å². The molecule has 182 valence electrons. The summed E-state index contributed by atoms with van der Waals surface area (Å²) < 4.78 is 22.1. The van der Waals surface area contributed by atoms with Gasteiger partial charge in [-0.1, -0.05) is 19.1 Å².